The molecule has 0 atom stereocenters. The number of nitrogens with zero attached hydrogens (tertiary/aromatic N) is 1. The molecule has 0 bridgehead atoms. The maximum absolute atomic E-state index is 5.79. The van der Waals surface area contributed by atoms with E-state index in [0.29, 0.717) is 16.7 Å². The van der Waals surface area contributed by atoms with Crippen LogP contribution in [0.2, 0.25) is 5.02 Å². The molecule has 0 radical (unpaired) electrons. The lowest BCUT2D eigenvalue weighted by Gasteiger charge is -2.06. The molecule has 0 amide bonds. The zero-order valence-corrected chi connectivity index (χ0v) is 11.9. The first-order valence-corrected chi connectivity index (χ1v) is 6.36. The number of halogens is 3. The minimum atomic E-state index is 0.488. The first-order valence-electron chi connectivity index (χ1n) is 4.39. The highest BCUT2D eigenvalue weighted by Gasteiger charge is 2.05. The fraction of sp³-hybridized carbons (Fsp3) is 0. The average molecular weight is 363 g/mol. The Morgan fingerprint density at radius 3 is 2.69 bits per heavy atom. The van der Waals surface area contributed by atoms with Crippen LogP contribution < -0.4 is 4.74 Å². The Labute approximate surface area is 115 Å². The van der Waals surface area contributed by atoms with E-state index in [0.717, 1.165) is 8.95 Å². The lowest BCUT2D eigenvalue weighted by atomic mass is 10.3. The molecule has 0 saturated carbocycles. The summed E-state index contributed by atoms with van der Waals surface area (Å²) in [5.74, 6) is 1.20. The summed E-state index contributed by atoms with van der Waals surface area (Å²) in [6.07, 6.45) is 1.54. The molecular formula is C11H6Br2ClNO. The summed E-state index contributed by atoms with van der Waals surface area (Å²) in [5.41, 5.74) is 0. The van der Waals surface area contributed by atoms with Gasteiger partial charge in [0, 0.05) is 10.7 Å². The van der Waals surface area contributed by atoms with Gasteiger partial charge in [-0.15, -0.1) is 0 Å². The Balaban J connectivity index is 2.27. The molecule has 1 aromatic heterocycles. The molecule has 0 spiro atoms. The largest absolute Gasteiger partial charge is 0.438 e. The number of aromatic nitrogens is 1. The van der Waals surface area contributed by atoms with E-state index in [2.05, 4.69) is 36.8 Å². The molecule has 2 rings (SSSR count). The maximum Gasteiger partial charge on any atom is 0.233 e. The van der Waals surface area contributed by atoms with Crippen molar-refractivity contribution in [1.82, 2.24) is 4.98 Å². The Hall–Kier alpha value is -0.580. The predicted octanol–water partition coefficient (Wildman–Crippen LogP) is 5.05. The second-order valence-electron chi connectivity index (χ2n) is 3.00. The van der Waals surface area contributed by atoms with E-state index in [1.54, 1.807) is 12.3 Å². The summed E-state index contributed by atoms with van der Waals surface area (Å²) in [6, 6.07) is 9.28. The van der Waals surface area contributed by atoms with Crippen molar-refractivity contribution in [1.29, 1.82) is 0 Å². The quantitative estimate of drug-likeness (QED) is 0.745. The molecule has 1 heterocycles. The van der Waals surface area contributed by atoms with Crippen LogP contribution in [0, 0.1) is 0 Å². The maximum atomic E-state index is 5.79. The molecule has 0 saturated heterocycles. The minimum absolute atomic E-state index is 0.488. The van der Waals surface area contributed by atoms with E-state index in [-0.39, 0.29) is 0 Å². The van der Waals surface area contributed by atoms with E-state index in [1.165, 1.54) is 0 Å². The first-order chi connectivity index (χ1) is 7.65. The molecule has 82 valence electrons. The van der Waals surface area contributed by atoms with Gasteiger partial charge in [0.15, 0.2) is 0 Å². The van der Waals surface area contributed by atoms with Crippen LogP contribution in [0.1, 0.15) is 0 Å². The summed E-state index contributed by atoms with van der Waals surface area (Å²) in [4.78, 5) is 4.09. The van der Waals surface area contributed by atoms with Gasteiger partial charge in [-0.1, -0.05) is 33.6 Å². The minimum Gasteiger partial charge on any atom is -0.438 e. The molecule has 2 aromatic rings. The van der Waals surface area contributed by atoms with E-state index in [1.807, 2.05) is 24.3 Å². The second kappa shape index (κ2) is 5.17. The molecule has 0 unspecified atom stereocenters. The van der Waals surface area contributed by atoms with Gasteiger partial charge in [0.25, 0.3) is 0 Å². The van der Waals surface area contributed by atoms with Crippen LogP contribution in [-0.4, -0.2) is 4.98 Å². The monoisotopic (exact) mass is 361 g/mol. The number of hydrogen-bond donors (Lipinski definition) is 0. The predicted molar refractivity (Wildman–Crippen MR) is 71.2 cm³/mol. The second-order valence-corrected chi connectivity index (χ2v) is 5.21. The molecule has 16 heavy (non-hydrogen) atoms. The Morgan fingerprint density at radius 1 is 1.19 bits per heavy atom. The van der Waals surface area contributed by atoms with Gasteiger partial charge in [-0.3, -0.25) is 0 Å². The summed E-state index contributed by atoms with van der Waals surface area (Å²) < 4.78 is 7.27. The molecule has 0 aliphatic rings. The highest BCUT2D eigenvalue weighted by Crippen LogP contribution is 2.30. The van der Waals surface area contributed by atoms with Gasteiger partial charge < -0.3 is 4.74 Å². The van der Waals surface area contributed by atoms with Gasteiger partial charge in [-0.25, -0.2) is 4.98 Å². The molecule has 0 aliphatic heterocycles. The van der Waals surface area contributed by atoms with Gasteiger partial charge in [0.2, 0.25) is 5.88 Å². The lowest BCUT2D eigenvalue weighted by molar-refractivity contribution is 0.459. The normalized spacial score (nSPS) is 10.2. The standard InChI is InChI=1S/C11H6Br2ClNO/c12-7-2-1-3-9(4-7)16-11-10(13)5-8(14)6-15-11/h1-6H. The summed E-state index contributed by atoms with van der Waals surface area (Å²) in [5, 5.41) is 0.563. The van der Waals surface area contributed by atoms with Crippen LogP contribution in [0.5, 0.6) is 11.6 Å². The third-order valence-electron chi connectivity index (χ3n) is 1.78. The van der Waals surface area contributed by atoms with Crippen LogP contribution >= 0.6 is 43.5 Å². The van der Waals surface area contributed by atoms with Crippen LogP contribution in [0.4, 0.5) is 0 Å². The van der Waals surface area contributed by atoms with E-state index < -0.39 is 0 Å². The van der Waals surface area contributed by atoms with E-state index in [9.17, 15) is 0 Å². The highest BCUT2D eigenvalue weighted by atomic mass is 79.9. The first kappa shape index (κ1) is 11.9. The van der Waals surface area contributed by atoms with Crippen molar-refractivity contribution in [3.63, 3.8) is 0 Å². The number of rotatable bonds is 2. The van der Waals surface area contributed by atoms with Crippen molar-refractivity contribution < 1.29 is 4.74 Å². The number of ether oxygens (including phenoxy) is 1. The van der Waals surface area contributed by atoms with Gasteiger partial charge >= 0.3 is 0 Å². The Bertz CT molecular complexity index is 519. The number of hydrogen-bond acceptors (Lipinski definition) is 2. The number of benzene rings is 1. The zero-order valence-electron chi connectivity index (χ0n) is 7.95. The number of pyridine rings is 1. The smallest absolute Gasteiger partial charge is 0.233 e. The fourth-order valence-corrected chi connectivity index (χ4v) is 2.22. The zero-order chi connectivity index (χ0) is 11.5. The molecule has 0 fully saturated rings. The highest BCUT2D eigenvalue weighted by molar-refractivity contribution is 9.10. The van der Waals surface area contributed by atoms with Crippen molar-refractivity contribution in [2.45, 2.75) is 0 Å². The van der Waals surface area contributed by atoms with E-state index >= 15 is 0 Å². The molecular weight excluding hydrogens is 357 g/mol. The topological polar surface area (TPSA) is 22.1 Å². The fourth-order valence-electron chi connectivity index (χ4n) is 1.12. The van der Waals surface area contributed by atoms with E-state index in [4.69, 9.17) is 16.3 Å². The van der Waals surface area contributed by atoms with Crippen molar-refractivity contribution >= 4 is 43.5 Å². The van der Waals surface area contributed by atoms with Crippen LogP contribution in [-0.2, 0) is 0 Å². The summed E-state index contributed by atoms with van der Waals surface area (Å²) in [6.45, 7) is 0. The van der Waals surface area contributed by atoms with Gasteiger partial charge in [0.05, 0.1) is 9.50 Å². The van der Waals surface area contributed by atoms with Crippen LogP contribution in [0.3, 0.4) is 0 Å². The van der Waals surface area contributed by atoms with Crippen molar-refractivity contribution in [2.24, 2.45) is 0 Å². The van der Waals surface area contributed by atoms with Crippen molar-refractivity contribution in [2.75, 3.05) is 0 Å². The van der Waals surface area contributed by atoms with Gasteiger partial charge in [-0.2, -0.15) is 0 Å². The third-order valence-corrected chi connectivity index (χ3v) is 3.05. The molecule has 5 heteroatoms. The van der Waals surface area contributed by atoms with Gasteiger partial charge in [0.1, 0.15) is 5.75 Å². The average Bonchev–Trinajstić information content (AvgIpc) is 2.22. The SMILES string of the molecule is Clc1cnc(Oc2cccc(Br)c2)c(Br)c1. The van der Waals surface area contributed by atoms with Crippen molar-refractivity contribution in [3.05, 3.63) is 50.5 Å². The van der Waals surface area contributed by atoms with Gasteiger partial charge in [-0.05, 0) is 40.2 Å². The summed E-state index contributed by atoms with van der Waals surface area (Å²) >= 11 is 12.5. The van der Waals surface area contributed by atoms with Crippen molar-refractivity contribution in [3.8, 4) is 11.6 Å². The Morgan fingerprint density at radius 2 is 2.00 bits per heavy atom. The molecule has 0 aliphatic carbocycles. The summed E-state index contributed by atoms with van der Waals surface area (Å²) in [7, 11) is 0. The molecule has 0 N–H and O–H groups in total. The molecule has 2 nitrogen and oxygen atoms in total. The third kappa shape index (κ3) is 2.97. The lowest BCUT2D eigenvalue weighted by Crippen LogP contribution is -1.88. The van der Waals surface area contributed by atoms with Crippen LogP contribution in [0.25, 0.3) is 0 Å². The Kier molecular flexibility index (Phi) is 3.84. The van der Waals surface area contributed by atoms with Crippen LogP contribution in [0.15, 0.2) is 45.5 Å². The molecule has 1 aromatic carbocycles.